The smallest absolute Gasteiger partial charge is 0.338 e. The van der Waals surface area contributed by atoms with Crippen LogP contribution in [0, 0.1) is 16.0 Å². The van der Waals surface area contributed by atoms with E-state index in [1.807, 2.05) is 0 Å². The summed E-state index contributed by atoms with van der Waals surface area (Å²) in [6, 6.07) is 17.8. The maximum absolute atomic E-state index is 13.7. The topological polar surface area (TPSA) is 119 Å². The number of nitro benzene ring substituents is 1. The number of fused-ring (bicyclic) bond motifs is 1. The van der Waals surface area contributed by atoms with Crippen LogP contribution < -0.4 is 9.96 Å². The molecule has 3 atom stereocenters. The van der Waals surface area contributed by atoms with Crippen molar-refractivity contribution in [3.05, 3.63) is 99.1 Å². The fourth-order valence-electron chi connectivity index (χ4n) is 4.60. The second kappa shape index (κ2) is 9.64. The Bertz CT molecular complexity index is 1390. The number of anilines is 2. The molecule has 10 nitrogen and oxygen atoms in total. The van der Waals surface area contributed by atoms with Crippen LogP contribution in [-0.4, -0.2) is 35.4 Å². The average Bonchev–Trinajstić information content (AvgIpc) is 3.40. The van der Waals surface area contributed by atoms with Crippen molar-refractivity contribution in [2.75, 3.05) is 16.6 Å². The van der Waals surface area contributed by atoms with Crippen LogP contribution in [-0.2, 0) is 19.2 Å². The number of benzene rings is 3. The Hall–Kier alpha value is -4.28. The number of carbonyl (C=O) groups is 3. The van der Waals surface area contributed by atoms with E-state index in [2.05, 4.69) is 0 Å². The minimum Gasteiger partial charge on any atom is -0.462 e. The van der Waals surface area contributed by atoms with E-state index in [-0.39, 0.29) is 23.5 Å². The number of carbonyl (C=O) groups excluding carboxylic acids is 3. The van der Waals surface area contributed by atoms with E-state index in [0.29, 0.717) is 16.3 Å². The summed E-state index contributed by atoms with van der Waals surface area (Å²) in [5.41, 5.74) is 1.42. The molecule has 3 aromatic carbocycles. The van der Waals surface area contributed by atoms with Crippen molar-refractivity contribution in [1.29, 1.82) is 0 Å². The molecule has 37 heavy (non-hydrogen) atoms. The molecule has 0 bridgehead atoms. The quantitative estimate of drug-likeness (QED) is 0.202. The zero-order chi connectivity index (χ0) is 26.3. The van der Waals surface area contributed by atoms with E-state index in [1.54, 1.807) is 55.5 Å². The summed E-state index contributed by atoms with van der Waals surface area (Å²) >= 11 is 6.03. The van der Waals surface area contributed by atoms with Gasteiger partial charge in [-0.1, -0.05) is 29.8 Å². The predicted molar refractivity (Wildman–Crippen MR) is 133 cm³/mol. The third-order valence-electron chi connectivity index (χ3n) is 6.26. The van der Waals surface area contributed by atoms with Crippen molar-refractivity contribution in [1.82, 2.24) is 0 Å². The Labute approximate surface area is 216 Å². The summed E-state index contributed by atoms with van der Waals surface area (Å²) in [4.78, 5) is 57.2. The first kappa shape index (κ1) is 24.4. The molecule has 5 rings (SSSR count). The lowest BCUT2D eigenvalue weighted by Crippen LogP contribution is -2.37. The van der Waals surface area contributed by atoms with Crippen LogP contribution in [0.1, 0.15) is 28.9 Å². The Kier molecular flexibility index (Phi) is 6.36. The maximum atomic E-state index is 13.7. The van der Waals surface area contributed by atoms with Crippen LogP contribution >= 0.6 is 11.6 Å². The first-order chi connectivity index (χ1) is 17.8. The third-order valence-corrected chi connectivity index (χ3v) is 6.51. The summed E-state index contributed by atoms with van der Waals surface area (Å²) in [7, 11) is 0. The van der Waals surface area contributed by atoms with Gasteiger partial charge in [-0.3, -0.25) is 24.5 Å². The van der Waals surface area contributed by atoms with Crippen LogP contribution in [0.2, 0.25) is 5.02 Å². The van der Waals surface area contributed by atoms with Gasteiger partial charge in [0.15, 0.2) is 6.10 Å². The van der Waals surface area contributed by atoms with E-state index in [4.69, 9.17) is 21.2 Å². The lowest BCUT2D eigenvalue weighted by molar-refractivity contribution is -0.384. The molecule has 188 valence electrons. The summed E-state index contributed by atoms with van der Waals surface area (Å²) in [5, 5.41) is 13.1. The van der Waals surface area contributed by atoms with Gasteiger partial charge in [0.2, 0.25) is 5.91 Å². The van der Waals surface area contributed by atoms with Gasteiger partial charge in [-0.05, 0) is 55.0 Å². The van der Waals surface area contributed by atoms with E-state index >= 15 is 0 Å². The number of halogens is 1. The number of hydrogen-bond acceptors (Lipinski definition) is 8. The Morgan fingerprint density at radius 3 is 2.38 bits per heavy atom. The van der Waals surface area contributed by atoms with Crippen molar-refractivity contribution in [3.63, 3.8) is 0 Å². The number of ether oxygens (including phenoxy) is 1. The Balaban J connectivity index is 1.54. The first-order valence-corrected chi connectivity index (χ1v) is 11.8. The SMILES string of the molecule is CCOC(=O)c1cccc(N2C(=O)C3ON(c4ccc(Cl)cc4)C(c4ccc([N+](=O)[O-])cc4)C3C2=O)c1. The number of nitro groups is 1. The molecule has 0 aliphatic carbocycles. The molecule has 3 aromatic rings. The van der Waals surface area contributed by atoms with Gasteiger partial charge in [-0.2, -0.15) is 0 Å². The molecule has 2 amide bonds. The van der Waals surface area contributed by atoms with E-state index in [1.165, 1.54) is 29.3 Å². The standard InChI is InChI=1S/C26H20ClN3O7/c1-2-36-26(33)16-4-3-5-20(14-16)28-24(31)21-22(15-6-10-19(11-7-15)30(34)35)29(37-23(21)25(28)32)18-12-8-17(27)9-13-18/h3-14,21-23H,2H2,1H3. The van der Waals surface area contributed by atoms with Crippen LogP contribution in [0.25, 0.3) is 0 Å². The zero-order valence-electron chi connectivity index (χ0n) is 19.4. The number of non-ortho nitro benzene ring substituents is 1. The van der Waals surface area contributed by atoms with Gasteiger partial charge >= 0.3 is 5.97 Å². The number of nitrogens with zero attached hydrogens (tertiary/aromatic N) is 3. The maximum Gasteiger partial charge on any atom is 0.338 e. The average molecular weight is 522 g/mol. The third kappa shape index (κ3) is 4.30. The van der Waals surface area contributed by atoms with Crippen molar-refractivity contribution < 1.29 is 28.9 Å². The number of imide groups is 1. The molecular formula is C26H20ClN3O7. The number of hydroxylamine groups is 1. The predicted octanol–water partition coefficient (Wildman–Crippen LogP) is 4.48. The minimum atomic E-state index is -1.14. The van der Waals surface area contributed by atoms with E-state index < -0.39 is 40.8 Å². The molecule has 3 unspecified atom stereocenters. The van der Waals surface area contributed by atoms with Crippen LogP contribution in [0.3, 0.4) is 0 Å². The summed E-state index contributed by atoms with van der Waals surface area (Å²) in [6.07, 6.45) is -1.14. The normalized spacial score (nSPS) is 20.8. The van der Waals surface area contributed by atoms with Crippen molar-refractivity contribution in [2.24, 2.45) is 5.92 Å². The van der Waals surface area contributed by atoms with Gasteiger partial charge in [0, 0.05) is 17.2 Å². The molecule has 0 aromatic heterocycles. The molecule has 11 heteroatoms. The largest absolute Gasteiger partial charge is 0.462 e. The number of esters is 1. The fourth-order valence-corrected chi connectivity index (χ4v) is 4.73. The highest BCUT2D eigenvalue weighted by atomic mass is 35.5. The lowest BCUT2D eigenvalue weighted by Gasteiger charge is -2.28. The Morgan fingerprint density at radius 2 is 1.73 bits per heavy atom. The van der Waals surface area contributed by atoms with Gasteiger partial charge in [-0.15, -0.1) is 0 Å². The molecule has 2 aliphatic heterocycles. The number of hydrogen-bond donors (Lipinski definition) is 0. The molecule has 2 saturated heterocycles. The van der Waals surface area contributed by atoms with Gasteiger partial charge in [-0.25, -0.2) is 14.8 Å². The van der Waals surface area contributed by atoms with Crippen molar-refractivity contribution in [3.8, 4) is 0 Å². The molecule has 2 heterocycles. The molecule has 0 radical (unpaired) electrons. The first-order valence-electron chi connectivity index (χ1n) is 11.4. The van der Waals surface area contributed by atoms with Crippen LogP contribution in [0.5, 0.6) is 0 Å². The van der Waals surface area contributed by atoms with Gasteiger partial charge < -0.3 is 4.74 Å². The van der Waals surface area contributed by atoms with Crippen molar-refractivity contribution >= 4 is 46.4 Å². The summed E-state index contributed by atoms with van der Waals surface area (Å²) < 4.78 is 5.03. The van der Waals surface area contributed by atoms with Gasteiger partial charge in [0.25, 0.3) is 11.6 Å². The summed E-state index contributed by atoms with van der Waals surface area (Å²) in [5.74, 6) is -2.62. The van der Waals surface area contributed by atoms with Gasteiger partial charge in [0.1, 0.15) is 5.92 Å². The lowest BCUT2D eigenvalue weighted by atomic mass is 9.90. The zero-order valence-corrected chi connectivity index (χ0v) is 20.2. The van der Waals surface area contributed by atoms with Gasteiger partial charge in [0.05, 0.1) is 34.5 Å². The monoisotopic (exact) mass is 521 g/mol. The fraction of sp³-hybridized carbons (Fsp3) is 0.192. The second-order valence-electron chi connectivity index (χ2n) is 8.43. The number of rotatable bonds is 6. The molecule has 0 spiro atoms. The number of amides is 2. The minimum absolute atomic E-state index is 0.108. The molecule has 0 saturated carbocycles. The highest BCUT2D eigenvalue weighted by Crippen LogP contribution is 2.48. The molecule has 2 fully saturated rings. The van der Waals surface area contributed by atoms with E-state index in [9.17, 15) is 24.5 Å². The summed E-state index contributed by atoms with van der Waals surface area (Å²) in [6.45, 7) is 1.86. The van der Waals surface area contributed by atoms with E-state index in [0.717, 1.165) is 4.90 Å². The van der Waals surface area contributed by atoms with Crippen molar-refractivity contribution in [2.45, 2.75) is 19.1 Å². The molecular weight excluding hydrogens is 502 g/mol. The second-order valence-corrected chi connectivity index (χ2v) is 8.87. The Morgan fingerprint density at radius 1 is 1.03 bits per heavy atom. The van der Waals surface area contributed by atoms with Crippen LogP contribution in [0.4, 0.5) is 17.1 Å². The molecule has 2 aliphatic rings. The highest BCUT2D eigenvalue weighted by molar-refractivity contribution is 6.30. The molecule has 0 N–H and O–H groups in total. The van der Waals surface area contributed by atoms with Crippen LogP contribution in [0.15, 0.2) is 72.8 Å². The highest BCUT2D eigenvalue weighted by Gasteiger charge is 2.60.